The number of hydrogen-bond donors (Lipinski definition) is 1. The van der Waals surface area contributed by atoms with Gasteiger partial charge in [-0.25, -0.2) is 5.01 Å². The van der Waals surface area contributed by atoms with Crippen molar-refractivity contribution in [2.45, 2.75) is 19.4 Å². The highest BCUT2D eigenvalue weighted by atomic mass is 35.5. The standard InChI is InChI=1S/C14H19ClN2O3/c1-2-13(20-12-5-3-4-11(15)10-12)14(18)16-17-6-8-19-9-7-17/h3-5,10,13H,2,6-9H2,1H3,(H,16,18)/t13-/m0/s1. The third-order valence-electron chi connectivity index (χ3n) is 3.02. The quantitative estimate of drug-likeness (QED) is 0.901. The van der Waals surface area contributed by atoms with Crippen molar-refractivity contribution in [1.29, 1.82) is 0 Å². The van der Waals surface area contributed by atoms with E-state index in [1.54, 1.807) is 24.3 Å². The fourth-order valence-corrected chi connectivity index (χ4v) is 2.11. The van der Waals surface area contributed by atoms with Crippen LogP contribution in [0.25, 0.3) is 0 Å². The van der Waals surface area contributed by atoms with Crippen LogP contribution in [0.2, 0.25) is 5.02 Å². The predicted molar refractivity (Wildman–Crippen MR) is 76.7 cm³/mol. The average molecular weight is 299 g/mol. The normalized spacial score (nSPS) is 17.5. The summed E-state index contributed by atoms with van der Waals surface area (Å²) in [5, 5.41) is 2.45. The molecular formula is C14H19ClN2O3. The van der Waals surface area contributed by atoms with Crippen molar-refractivity contribution in [3.8, 4) is 5.75 Å². The molecule has 20 heavy (non-hydrogen) atoms. The van der Waals surface area contributed by atoms with Crippen molar-refractivity contribution in [1.82, 2.24) is 10.4 Å². The minimum absolute atomic E-state index is 0.144. The first-order valence-electron chi connectivity index (χ1n) is 6.74. The van der Waals surface area contributed by atoms with E-state index in [1.165, 1.54) is 0 Å². The molecule has 0 aliphatic carbocycles. The topological polar surface area (TPSA) is 50.8 Å². The molecule has 1 saturated heterocycles. The molecule has 0 saturated carbocycles. The molecule has 1 heterocycles. The maximum absolute atomic E-state index is 12.2. The van der Waals surface area contributed by atoms with E-state index >= 15 is 0 Å². The van der Waals surface area contributed by atoms with Crippen LogP contribution in [-0.4, -0.2) is 43.3 Å². The summed E-state index contributed by atoms with van der Waals surface area (Å²) in [6, 6.07) is 7.05. The van der Waals surface area contributed by atoms with Gasteiger partial charge < -0.3 is 9.47 Å². The number of halogens is 1. The van der Waals surface area contributed by atoms with Crippen LogP contribution < -0.4 is 10.2 Å². The van der Waals surface area contributed by atoms with E-state index in [2.05, 4.69) is 5.43 Å². The van der Waals surface area contributed by atoms with Crippen molar-refractivity contribution < 1.29 is 14.3 Å². The van der Waals surface area contributed by atoms with Crippen LogP contribution in [0.1, 0.15) is 13.3 Å². The second kappa shape index (κ2) is 7.47. The molecule has 1 aromatic carbocycles. The molecule has 5 nitrogen and oxygen atoms in total. The van der Waals surface area contributed by atoms with E-state index < -0.39 is 6.10 Å². The number of benzene rings is 1. The van der Waals surface area contributed by atoms with Gasteiger partial charge in [-0.2, -0.15) is 0 Å². The number of rotatable bonds is 5. The number of hydrazine groups is 1. The molecule has 1 aliphatic rings. The van der Waals surface area contributed by atoms with Crippen LogP contribution in [0, 0.1) is 0 Å². The zero-order chi connectivity index (χ0) is 14.4. The van der Waals surface area contributed by atoms with Crippen molar-refractivity contribution in [3.63, 3.8) is 0 Å². The summed E-state index contributed by atoms with van der Waals surface area (Å²) >= 11 is 5.90. The summed E-state index contributed by atoms with van der Waals surface area (Å²) in [7, 11) is 0. The van der Waals surface area contributed by atoms with Crippen molar-refractivity contribution >= 4 is 17.5 Å². The SMILES string of the molecule is CC[C@H](Oc1cccc(Cl)c1)C(=O)NN1CCOCC1. The van der Waals surface area contributed by atoms with Crippen LogP contribution in [0.4, 0.5) is 0 Å². The van der Waals surface area contributed by atoms with Crippen molar-refractivity contribution in [2.75, 3.05) is 26.3 Å². The first kappa shape index (κ1) is 15.1. The second-order valence-electron chi connectivity index (χ2n) is 4.55. The van der Waals surface area contributed by atoms with Gasteiger partial charge in [0.05, 0.1) is 13.2 Å². The summed E-state index contributed by atoms with van der Waals surface area (Å²) in [5.74, 6) is 0.454. The highest BCUT2D eigenvalue weighted by Gasteiger charge is 2.21. The first-order chi connectivity index (χ1) is 9.69. The highest BCUT2D eigenvalue weighted by Crippen LogP contribution is 2.19. The van der Waals surface area contributed by atoms with E-state index in [-0.39, 0.29) is 5.91 Å². The Labute approximate surface area is 123 Å². The summed E-state index contributed by atoms with van der Waals surface area (Å²) in [6.45, 7) is 4.56. The molecule has 0 aromatic heterocycles. The average Bonchev–Trinajstić information content (AvgIpc) is 2.46. The fraction of sp³-hybridized carbons (Fsp3) is 0.500. The van der Waals surface area contributed by atoms with Gasteiger partial charge in [-0.3, -0.25) is 10.2 Å². The summed E-state index contributed by atoms with van der Waals surface area (Å²) in [4.78, 5) is 12.2. The van der Waals surface area contributed by atoms with Gasteiger partial charge in [-0.15, -0.1) is 0 Å². The Morgan fingerprint density at radius 1 is 1.50 bits per heavy atom. The molecule has 1 aromatic rings. The van der Waals surface area contributed by atoms with Gasteiger partial charge in [-0.05, 0) is 24.6 Å². The van der Waals surface area contributed by atoms with Gasteiger partial charge in [0.1, 0.15) is 5.75 Å². The Hall–Kier alpha value is -1.30. The molecule has 2 rings (SSSR count). The Bertz CT molecular complexity index is 450. The molecule has 110 valence electrons. The lowest BCUT2D eigenvalue weighted by atomic mass is 10.2. The summed E-state index contributed by atoms with van der Waals surface area (Å²) < 4.78 is 10.9. The van der Waals surface area contributed by atoms with Crippen molar-refractivity contribution in [2.24, 2.45) is 0 Å². The molecule has 0 radical (unpaired) electrons. The number of morpholine rings is 1. The van der Waals surface area contributed by atoms with Gasteiger partial charge >= 0.3 is 0 Å². The molecule has 0 bridgehead atoms. The predicted octanol–water partition coefficient (Wildman–Crippen LogP) is 1.86. The van der Waals surface area contributed by atoms with E-state index in [0.29, 0.717) is 43.5 Å². The molecule has 1 fully saturated rings. The van der Waals surface area contributed by atoms with E-state index in [4.69, 9.17) is 21.1 Å². The molecule has 6 heteroatoms. The monoisotopic (exact) mass is 298 g/mol. The van der Waals surface area contributed by atoms with Crippen LogP contribution in [-0.2, 0) is 9.53 Å². The fourth-order valence-electron chi connectivity index (χ4n) is 1.93. The molecule has 1 aliphatic heterocycles. The lowest BCUT2D eigenvalue weighted by molar-refractivity contribution is -0.135. The van der Waals surface area contributed by atoms with E-state index in [0.717, 1.165) is 0 Å². The van der Waals surface area contributed by atoms with Crippen LogP contribution in [0.3, 0.4) is 0 Å². The zero-order valence-corrected chi connectivity index (χ0v) is 12.2. The Kier molecular flexibility index (Phi) is 5.64. The molecule has 1 amide bonds. The zero-order valence-electron chi connectivity index (χ0n) is 11.5. The number of carbonyl (C=O) groups is 1. The number of carbonyl (C=O) groups excluding carboxylic acids is 1. The van der Waals surface area contributed by atoms with Crippen molar-refractivity contribution in [3.05, 3.63) is 29.3 Å². The number of ether oxygens (including phenoxy) is 2. The highest BCUT2D eigenvalue weighted by molar-refractivity contribution is 6.30. The van der Waals surface area contributed by atoms with Crippen LogP contribution in [0.5, 0.6) is 5.75 Å². The largest absolute Gasteiger partial charge is 0.481 e. The maximum atomic E-state index is 12.2. The van der Waals surface area contributed by atoms with Crippen LogP contribution >= 0.6 is 11.6 Å². The van der Waals surface area contributed by atoms with E-state index in [9.17, 15) is 4.79 Å². The molecule has 0 spiro atoms. The van der Waals surface area contributed by atoms with Gasteiger partial charge in [0.2, 0.25) is 0 Å². The van der Waals surface area contributed by atoms with Crippen LogP contribution in [0.15, 0.2) is 24.3 Å². The summed E-state index contributed by atoms with van der Waals surface area (Å²) in [6.07, 6.45) is 0.0548. The minimum atomic E-state index is -0.531. The number of nitrogens with zero attached hydrogens (tertiary/aromatic N) is 1. The second-order valence-corrected chi connectivity index (χ2v) is 4.98. The lowest BCUT2D eigenvalue weighted by Crippen LogP contribution is -2.52. The van der Waals surface area contributed by atoms with Gasteiger partial charge in [0, 0.05) is 18.1 Å². The lowest BCUT2D eigenvalue weighted by Gasteiger charge is -2.28. The Balaban J connectivity index is 1.91. The first-order valence-corrected chi connectivity index (χ1v) is 7.12. The van der Waals surface area contributed by atoms with E-state index in [1.807, 2.05) is 11.9 Å². The molecule has 1 atom stereocenters. The number of nitrogens with one attached hydrogen (secondary N) is 1. The molecule has 0 unspecified atom stereocenters. The Morgan fingerprint density at radius 3 is 2.90 bits per heavy atom. The minimum Gasteiger partial charge on any atom is -0.481 e. The number of amides is 1. The molecule has 1 N–H and O–H groups in total. The summed E-state index contributed by atoms with van der Waals surface area (Å²) in [5.41, 5.74) is 2.86. The van der Waals surface area contributed by atoms with Gasteiger partial charge in [-0.1, -0.05) is 24.6 Å². The Morgan fingerprint density at radius 2 is 2.25 bits per heavy atom. The smallest absolute Gasteiger partial charge is 0.275 e. The third-order valence-corrected chi connectivity index (χ3v) is 3.25. The third kappa shape index (κ3) is 4.37. The van der Waals surface area contributed by atoms with Gasteiger partial charge in [0.25, 0.3) is 5.91 Å². The number of hydrogen-bond acceptors (Lipinski definition) is 4. The maximum Gasteiger partial charge on any atom is 0.275 e. The molecular weight excluding hydrogens is 280 g/mol. The van der Waals surface area contributed by atoms with Gasteiger partial charge in [0.15, 0.2) is 6.10 Å².